The molecule has 134 valence electrons. The predicted molar refractivity (Wildman–Crippen MR) is 103 cm³/mol. The summed E-state index contributed by atoms with van der Waals surface area (Å²) in [4.78, 5) is 12.3. The van der Waals surface area contributed by atoms with Crippen LogP contribution >= 0.6 is 11.6 Å². The van der Waals surface area contributed by atoms with E-state index in [1.807, 2.05) is 51.1 Å². The molecule has 2 aromatic carbocycles. The lowest BCUT2D eigenvalue weighted by molar-refractivity contribution is -0.127. The third-order valence-corrected chi connectivity index (χ3v) is 4.79. The second-order valence-corrected chi connectivity index (χ2v) is 6.94. The number of nitrogens with one attached hydrogen (secondary N) is 1. The molecule has 2 aromatic rings. The molecule has 0 aliphatic rings. The Morgan fingerprint density at radius 1 is 1.12 bits per heavy atom. The van der Waals surface area contributed by atoms with Crippen LogP contribution in [0.4, 0.5) is 0 Å². The van der Waals surface area contributed by atoms with Crippen LogP contribution in [0.5, 0.6) is 5.75 Å². The standard InChI is InChI=1S/C21H26ClNO2/c1-14-12-19(13-15(2)20(14)22)25-17(4)21(24)23-16(3)10-11-18-8-6-5-7-9-18/h5-9,12-13,16-17H,10-11H2,1-4H3,(H,23,24)/t16-,17-/m0/s1. The van der Waals surface area contributed by atoms with Gasteiger partial charge in [-0.05, 0) is 69.4 Å². The van der Waals surface area contributed by atoms with E-state index < -0.39 is 6.10 Å². The Bertz CT molecular complexity index is 692. The molecule has 0 saturated carbocycles. The van der Waals surface area contributed by atoms with E-state index in [-0.39, 0.29) is 11.9 Å². The van der Waals surface area contributed by atoms with Crippen LogP contribution in [-0.2, 0) is 11.2 Å². The second-order valence-electron chi connectivity index (χ2n) is 6.57. The highest BCUT2D eigenvalue weighted by molar-refractivity contribution is 6.32. The van der Waals surface area contributed by atoms with Crippen molar-refractivity contribution in [2.75, 3.05) is 0 Å². The number of carbonyl (C=O) groups is 1. The highest BCUT2D eigenvalue weighted by atomic mass is 35.5. The number of benzene rings is 2. The quantitative estimate of drug-likeness (QED) is 0.766. The fourth-order valence-electron chi connectivity index (χ4n) is 2.69. The Balaban J connectivity index is 1.85. The summed E-state index contributed by atoms with van der Waals surface area (Å²) >= 11 is 6.17. The second kappa shape index (κ2) is 8.91. The molecule has 0 bridgehead atoms. The molecule has 1 N–H and O–H groups in total. The van der Waals surface area contributed by atoms with Crippen molar-refractivity contribution in [2.45, 2.75) is 52.7 Å². The number of rotatable bonds is 7. The van der Waals surface area contributed by atoms with E-state index in [9.17, 15) is 4.79 Å². The number of carbonyl (C=O) groups excluding carboxylic acids is 1. The molecule has 0 fully saturated rings. The summed E-state index contributed by atoms with van der Waals surface area (Å²) in [6.45, 7) is 7.64. The minimum Gasteiger partial charge on any atom is -0.481 e. The van der Waals surface area contributed by atoms with Gasteiger partial charge in [0, 0.05) is 11.1 Å². The maximum atomic E-state index is 12.3. The van der Waals surface area contributed by atoms with Crippen LogP contribution in [0.3, 0.4) is 0 Å². The molecule has 0 aliphatic heterocycles. The van der Waals surface area contributed by atoms with Crippen LogP contribution in [-0.4, -0.2) is 18.1 Å². The molecular formula is C21H26ClNO2. The van der Waals surface area contributed by atoms with Crippen LogP contribution in [0.1, 0.15) is 37.0 Å². The molecule has 0 heterocycles. The van der Waals surface area contributed by atoms with Crippen LogP contribution in [0, 0.1) is 13.8 Å². The van der Waals surface area contributed by atoms with E-state index in [1.165, 1.54) is 5.56 Å². The number of hydrogen-bond acceptors (Lipinski definition) is 2. The molecular weight excluding hydrogens is 334 g/mol. The summed E-state index contributed by atoms with van der Waals surface area (Å²) in [6.07, 6.45) is 1.27. The van der Waals surface area contributed by atoms with Crippen molar-refractivity contribution in [3.63, 3.8) is 0 Å². The average molecular weight is 360 g/mol. The molecule has 3 nitrogen and oxygen atoms in total. The molecule has 0 aromatic heterocycles. The Labute approximate surface area is 155 Å². The van der Waals surface area contributed by atoms with Crippen molar-refractivity contribution in [1.82, 2.24) is 5.32 Å². The van der Waals surface area contributed by atoms with Gasteiger partial charge in [-0.1, -0.05) is 41.9 Å². The Kier molecular flexibility index (Phi) is 6.89. The van der Waals surface area contributed by atoms with Gasteiger partial charge < -0.3 is 10.1 Å². The molecule has 0 saturated heterocycles. The lowest BCUT2D eigenvalue weighted by Gasteiger charge is -2.19. The first-order valence-electron chi connectivity index (χ1n) is 8.64. The molecule has 4 heteroatoms. The van der Waals surface area contributed by atoms with Gasteiger partial charge in [0.05, 0.1) is 0 Å². The molecule has 25 heavy (non-hydrogen) atoms. The number of hydrogen-bond donors (Lipinski definition) is 1. The zero-order valence-corrected chi connectivity index (χ0v) is 16.1. The first-order valence-corrected chi connectivity index (χ1v) is 9.02. The van der Waals surface area contributed by atoms with Crippen molar-refractivity contribution in [2.24, 2.45) is 0 Å². The van der Waals surface area contributed by atoms with Crippen LogP contribution in [0.25, 0.3) is 0 Å². The number of ether oxygens (including phenoxy) is 1. The van der Waals surface area contributed by atoms with Gasteiger partial charge in [0.25, 0.3) is 5.91 Å². The third kappa shape index (κ3) is 5.79. The van der Waals surface area contributed by atoms with Gasteiger partial charge in [-0.3, -0.25) is 4.79 Å². The summed E-state index contributed by atoms with van der Waals surface area (Å²) in [7, 11) is 0. The van der Waals surface area contributed by atoms with E-state index >= 15 is 0 Å². The van der Waals surface area contributed by atoms with Crippen molar-refractivity contribution >= 4 is 17.5 Å². The van der Waals surface area contributed by atoms with Crippen LogP contribution in [0.2, 0.25) is 5.02 Å². The number of aryl methyl sites for hydroxylation is 3. The molecule has 0 spiro atoms. The van der Waals surface area contributed by atoms with Gasteiger partial charge in [0.1, 0.15) is 5.75 Å². The largest absolute Gasteiger partial charge is 0.481 e. The first kappa shape index (κ1) is 19.3. The summed E-state index contributed by atoms with van der Waals surface area (Å²) in [5.41, 5.74) is 3.17. The predicted octanol–water partition coefficient (Wildman–Crippen LogP) is 4.86. The van der Waals surface area contributed by atoms with Gasteiger partial charge in [-0.2, -0.15) is 0 Å². The van der Waals surface area contributed by atoms with Gasteiger partial charge in [-0.15, -0.1) is 0 Å². The summed E-state index contributed by atoms with van der Waals surface area (Å²) < 4.78 is 5.79. The molecule has 0 aliphatic carbocycles. The van der Waals surface area contributed by atoms with E-state index in [2.05, 4.69) is 17.4 Å². The maximum absolute atomic E-state index is 12.3. The van der Waals surface area contributed by atoms with Gasteiger partial charge in [0.2, 0.25) is 0 Å². The minimum absolute atomic E-state index is 0.0902. The Morgan fingerprint density at radius 2 is 1.72 bits per heavy atom. The van der Waals surface area contributed by atoms with Gasteiger partial charge in [-0.25, -0.2) is 0 Å². The molecule has 1 amide bonds. The molecule has 2 atom stereocenters. The fraction of sp³-hybridized carbons (Fsp3) is 0.381. The third-order valence-electron chi connectivity index (χ3n) is 4.19. The smallest absolute Gasteiger partial charge is 0.260 e. The van der Waals surface area contributed by atoms with E-state index in [0.29, 0.717) is 5.75 Å². The zero-order valence-electron chi connectivity index (χ0n) is 15.3. The SMILES string of the molecule is Cc1cc(O[C@@H](C)C(=O)N[C@@H](C)CCc2ccccc2)cc(C)c1Cl. The topological polar surface area (TPSA) is 38.3 Å². The van der Waals surface area contributed by atoms with E-state index in [1.54, 1.807) is 6.92 Å². The lowest BCUT2D eigenvalue weighted by atomic mass is 10.1. The maximum Gasteiger partial charge on any atom is 0.260 e. The highest BCUT2D eigenvalue weighted by Crippen LogP contribution is 2.26. The summed E-state index contributed by atoms with van der Waals surface area (Å²) in [5.74, 6) is 0.560. The van der Waals surface area contributed by atoms with Crippen LogP contribution < -0.4 is 10.1 Å². The Hall–Kier alpha value is -2.00. The summed E-state index contributed by atoms with van der Waals surface area (Å²) in [6, 6.07) is 14.1. The number of amides is 1. The molecule has 0 unspecified atom stereocenters. The minimum atomic E-state index is -0.556. The van der Waals surface area contributed by atoms with Crippen molar-refractivity contribution in [3.05, 3.63) is 64.2 Å². The zero-order chi connectivity index (χ0) is 18.4. The summed E-state index contributed by atoms with van der Waals surface area (Å²) in [5, 5.41) is 3.76. The van der Waals surface area contributed by atoms with Crippen molar-refractivity contribution in [3.8, 4) is 5.75 Å². The monoisotopic (exact) mass is 359 g/mol. The molecule has 2 rings (SSSR count). The van der Waals surface area contributed by atoms with Gasteiger partial charge in [0.15, 0.2) is 6.10 Å². The molecule has 0 radical (unpaired) electrons. The van der Waals surface area contributed by atoms with Gasteiger partial charge >= 0.3 is 0 Å². The van der Waals surface area contributed by atoms with E-state index in [0.717, 1.165) is 29.0 Å². The van der Waals surface area contributed by atoms with Crippen LogP contribution in [0.15, 0.2) is 42.5 Å². The fourth-order valence-corrected chi connectivity index (χ4v) is 2.80. The normalized spacial score (nSPS) is 13.2. The Morgan fingerprint density at radius 3 is 2.32 bits per heavy atom. The first-order chi connectivity index (χ1) is 11.9. The van der Waals surface area contributed by atoms with Crippen molar-refractivity contribution < 1.29 is 9.53 Å². The highest BCUT2D eigenvalue weighted by Gasteiger charge is 2.17. The van der Waals surface area contributed by atoms with E-state index in [4.69, 9.17) is 16.3 Å². The van der Waals surface area contributed by atoms with Crippen molar-refractivity contribution in [1.29, 1.82) is 0 Å². The lowest BCUT2D eigenvalue weighted by Crippen LogP contribution is -2.41. The number of halogens is 1. The average Bonchev–Trinajstić information content (AvgIpc) is 2.58.